The van der Waals surface area contributed by atoms with Crippen molar-refractivity contribution in [3.05, 3.63) is 28.2 Å². The van der Waals surface area contributed by atoms with Gasteiger partial charge < -0.3 is 10.2 Å². The minimum atomic E-state index is 0.648. The first-order chi connectivity index (χ1) is 9.11. The molecular weight excluding hydrogens is 300 g/mol. The summed E-state index contributed by atoms with van der Waals surface area (Å²) >= 11 is 3.71. The molecule has 1 saturated heterocycles. The fourth-order valence-corrected chi connectivity index (χ4v) is 3.42. The maximum atomic E-state index is 3.71. The monoisotopic (exact) mass is 324 g/mol. The van der Waals surface area contributed by atoms with Crippen molar-refractivity contribution in [2.45, 2.75) is 46.2 Å². The maximum absolute atomic E-state index is 3.71. The van der Waals surface area contributed by atoms with Gasteiger partial charge >= 0.3 is 0 Å². The Bertz CT molecular complexity index is 419. The molecular formula is C16H25BrN2. The van der Waals surface area contributed by atoms with Crippen LogP contribution < -0.4 is 10.2 Å². The third-order valence-corrected chi connectivity index (χ3v) is 4.81. The van der Waals surface area contributed by atoms with Crippen LogP contribution in [0.4, 0.5) is 5.69 Å². The predicted molar refractivity (Wildman–Crippen MR) is 86.7 cm³/mol. The molecule has 106 valence electrons. The number of rotatable bonds is 4. The van der Waals surface area contributed by atoms with Gasteiger partial charge in [-0.3, -0.25) is 0 Å². The van der Waals surface area contributed by atoms with E-state index in [0.717, 1.165) is 19.0 Å². The number of halogens is 1. The molecule has 1 heterocycles. The molecule has 1 aromatic carbocycles. The molecule has 2 rings (SSSR count). The third-order valence-electron chi connectivity index (χ3n) is 4.07. The Morgan fingerprint density at radius 2 is 2.16 bits per heavy atom. The number of benzene rings is 1. The van der Waals surface area contributed by atoms with Gasteiger partial charge in [-0.2, -0.15) is 0 Å². The van der Waals surface area contributed by atoms with E-state index in [2.05, 4.69) is 65.1 Å². The lowest BCUT2D eigenvalue weighted by atomic mass is 9.93. The molecule has 19 heavy (non-hydrogen) atoms. The summed E-state index contributed by atoms with van der Waals surface area (Å²) in [6, 6.07) is 7.44. The number of anilines is 1. The summed E-state index contributed by atoms with van der Waals surface area (Å²) in [5, 5.41) is 3.38. The van der Waals surface area contributed by atoms with Crippen molar-refractivity contribution in [3.63, 3.8) is 0 Å². The first kappa shape index (κ1) is 14.9. The van der Waals surface area contributed by atoms with Crippen LogP contribution >= 0.6 is 15.9 Å². The highest BCUT2D eigenvalue weighted by Crippen LogP contribution is 2.30. The van der Waals surface area contributed by atoms with Gasteiger partial charge in [0.2, 0.25) is 0 Å². The summed E-state index contributed by atoms with van der Waals surface area (Å²) < 4.78 is 1.22. The molecule has 1 aromatic rings. The molecule has 0 saturated carbocycles. The molecule has 1 aliphatic heterocycles. The van der Waals surface area contributed by atoms with E-state index >= 15 is 0 Å². The van der Waals surface area contributed by atoms with E-state index < -0.39 is 0 Å². The summed E-state index contributed by atoms with van der Waals surface area (Å²) in [4.78, 5) is 2.54. The summed E-state index contributed by atoms with van der Waals surface area (Å²) in [5.74, 6) is 0.864. The van der Waals surface area contributed by atoms with Gasteiger partial charge in [0.05, 0.1) is 0 Å². The minimum absolute atomic E-state index is 0.648. The van der Waals surface area contributed by atoms with E-state index in [0.29, 0.717) is 6.04 Å². The number of piperidine rings is 1. The average Bonchev–Trinajstić information content (AvgIpc) is 2.37. The molecule has 1 fully saturated rings. The van der Waals surface area contributed by atoms with E-state index in [1.165, 1.54) is 35.1 Å². The molecule has 2 nitrogen and oxygen atoms in total. The predicted octanol–water partition coefficient (Wildman–Crippen LogP) is 4.18. The summed E-state index contributed by atoms with van der Waals surface area (Å²) in [5.41, 5.74) is 2.69. The fourth-order valence-electron chi connectivity index (χ4n) is 2.91. The topological polar surface area (TPSA) is 15.3 Å². The van der Waals surface area contributed by atoms with Crippen LogP contribution in [0.1, 0.15) is 39.2 Å². The Morgan fingerprint density at radius 3 is 2.79 bits per heavy atom. The maximum Gasteiger partial charge on any atom is 0.0380 e. The van der Waals surface area contributed by atoms with Gasteiger partial charge in [0, 0.05) is 29.3 Å². The van der Waals surface area contributed by atoms with E-state index in [1.54, 1.807) is 0 Å². The highest BCUT2D eigenvalue weighted by atomic mass is 79.9. The molecule has 0 amide bonds. The second-order valence-corrected chi connectivity index (χ2v) is 6.58. The van der Waals surface area contributed by atoms with E-state index in [-0.39, 0.29) is 0 Å². The molecule has 1 aliphatic rings. The minimum Gasteiger partial charge on any atom is -0.369 e. The van der Waals surface area contributed by atoms with E-state index in [9.17, 15) is 0 Å². The normalized spacial score (nSPS) is 23.7. The van der Waals surface area contributed by atoms with Gasteiger partial charge in [-0.25, -0.2) is 0 Å². The van der Waals surface area contributed by atoms with Crippen molar-refractivity contribution in [3.8, 4) is 0 Å². The SMILES string of the molecule is CCNCc1ccc(N2CCC(C)CC2C)cc1Br. The molecule has 0 bridgehead atoms. The highest BCUT2D eigenvalue weighted by molar-refractivity contribution is 9.10. The van der Waals surface area contributed by atoms with Crippen LogP contribution in [0.2, 0.25) is 0 Å². The van der Waals surface area contributed by atoms with Gasteiger partial charge in [0.1, 0.15) is 0 Å². The van der Waals surface area contributed by atoms with Crippen LogP contribution in [0.5, 0.6) is 0 Å². The standard InChI is InChI=1S/C16H25BrN2/c1-4-18-11-14-5-6-15(10-16(14)17)19-8-7-12(2)9-13(19)3/h5-6,10,12-13,18H,4,7-9,11H2,1-3H3. The molecule has 0 aromatic heterocycles. The van der Waals surface area contributed by atoms with Crippen LogP contribution in [0, 0.1) is 5.92 Å². The first-order valence-electron chi connectivity index (χ1n) is 7.37. The van der Waals surface area contributed by atoms with Crippen molar-refractivity contribution < 1.29 is 0 Å². The Kier molecular flexibility index (Phi) is 5.28. The van der Waals surface area contributed by atoms with Gasteiger partial charge in [-0.1, -0.05) is 35.8 Å². The third kappa shape index (κ3) is 3.73. The summed E-state index contributed by atoms with van der Waals surface area (Å²) in [6.45, 7) is 9.97. The zero-order valence-electron chi connectivity index (χ0n) is 12.2. The zero-order chi connectivity index (χ0) is 13.8. The van der Waals surface area contributed by atoms with Crippen LogP contribution in [0.25, 0.3) is 0 Å². The van der Waals surface area contributed by atoms with Crippen molar-refractivity contribution in [1.29, 1.82) is 0 Å². The zero-order valence-corrected chi connectivity index (χ0v) is 13.8. The molecule has 2 unspecified atom stereocenters. The lowest BCUT2D eigenvalue weighted by molar-refractivity contribution is 0.378. The van der Waals surface area contributed by atoms with Gasteiger partial charge in [0.25, 0.3) is 0 Å². The lowest BCUT2D eigenvalue weighted by Gasteiger charge is -2.38. The Balaban J connectivity index is 2.10. The Morgan fingerprint density at radius 1 is 1.37 bits per heavy atom. The van der Waals surface area contributed by atoms with Gasteiger partial charge in [-0.15, -0.1) is 0 Å². The molecule has 1 N–H and O–H groups in total. The van der Waals surface area contributed by atoms with E-state index in [1.807, 2.05) is 0 Å². The number of hydrogen-bond donors (Lipinski definition) is 1. The molecule has 2 atom stereocenters. The van der Waals surface area contributed by atoms with Gasteiger partial charge in [-0.05, 0) is 49.9 Å². The molecule has 0 spiro atoms. The van der Waals surface area contributed by atoms with Crippen LogP contribution in [-0.4, -0.2) is 19.1 Å². The molecule has 0 aliphatic carbocycles. The largest absolute Gasteiger partial charge is 0.369 e. The van der Waals surface area contributed by atoms with Crippen molar-refractivity contribution >= 4 is 21.6 Å². The summed E-state index contributed by atoms with van der Waals surface area (Å²) in [7, 11) is 0. The van der Waals surface area contributed by atoms with Crippen LogP contribution in [-0.2, 0) is 6.54 Å². The Labute approximate surface area is 125 Å². The Hall–Kier alpha value is -0.540. The van der Waals surface area contributed by atoms with Crippen molar-refractivity contribution in [2.75, 3.05) is 18.0 Å². The highest BCUT2D eigenvalue weighted by Gasteiger charge is 2.23. The van der Waals surface area contributed by atoms with Crippen molar-refractivity contribution in [1.82, 2.24) is 5.32 Å². The quantitative estimate of drug-likeness (QED) is 0.893. The lowest BCUT2D eigenvalue weighted by Crippen LogP contribution is -2.40. The number of nitrogens with one attached hydrogen (secondary N) is 1. The van der Waals surface area contributed by atoms with Crippen molar-refractivity contribution in [2.24, 2.45) is 5.92 Å². The van der Waals surface area contributed by atoms with Crippen LogP contribution in [0.3, 0.4) is 0 Å². The van der Waals surface area contributed by atoms with E-state index in [4.69, 9.17) is 0 Å². The second kappa shape index (κ2) is 6.76. The fraction of sp³-hybridized carbons (Fsp3) is 0.625. The smallest absolute Gasteiger partial charge is 0.0380 e. The second-order valence-electron chi connectivity index (χ2n) is 5.73. The number of hydrogen-bond acceptors (Lipinski definition) is 2. The van der Waals surface area contributed by atoms with Crippen LogP contribution in [0.15, 0.2) is 22.7 Å². The first-order valence-corrected chi connectivity index (χ1v) is 8.17. The summed E-state index contributed by atoms with van der Waals surface area (Å²) in [6.07, 6.45) is 2.61. The molecule has 0 radical (unpaired) electrons. The average molecular weight is 325 g/mol. The van der Waals surface area contributed by atoms with Gasteiger partial charge in [0.15, 0.2) is 0 Å². The number of nitrogens with zero attached hydrogens (tertiary/aromatic N) is 1. The molecule has 3 heteroatoms.